The van der Waals surface area contributed by atoms with Crippen LogP contribution in [0.25, 0.3) is 11.0 Å². The second-order valence-corrected chi connectivity index (χ2v) is 9.67. The highest BCUT2D eigenvalue weighted by molar-refractivity contribution is 5.94. The van der Waals surface area contributed by atoms with E-state index in [1.165, 1.54) is 5.56 Å². The van der Waals surface area contributed by atoms with Gasteiger partial charge in [-0.15, -0.1) is 0 Å². The topological polar surface area (TPSA) is 56.2 Å². The average Bonchev–Trinajstić information content (AvgIpc) is 3.24. The van der Waals surface area contributed by atoms with E-state index in [0.717, 1.165) is 60.4 Å². The number of nitrogens with zero attached hydrogens (tertiary/aromatic N) is 2. The summed E-state index contributed by atoms with van der Waals surface area (Å²) in [5, 5.41) is 3.03. The number of benzene rings is 3. The van der Waals surface area contributed by atoms with Gasteiger partial charge in [0.1, 0.15) is 18.2 Å². The highest BCUT2D eigenvalue weighted by atomic mass is 16.5. The predicted octanol–water partition coefficient (Wildman–Crippen LogP) is 6.69. The molecule has 0 aliphatic carbocycles. The summed E-state index contributed by atoms with van der Waals surface area (Å²) >= 11 is 0. The van der Waals surface area contributed by atoms with E-state index in [2.05, 4.69) is 66.2 Å². The lowest BCUT2D eigenvalue weighted by molar-refractivity contribution is 0.0953. The number of fused-ring (bicyclic) bond motifs is 1. The summed E-state index contributed by atoms with van der Waals surface area (Å²) in [4.78, 5) is 17.2. The van der Waals surface area contributed by atoms with Gasteiger partial charge in [0.15, 0.2) is 0 Å². The maximum Gasteiger partial charge on any atom is 0.251 e. The standard InChI is InChI=1S/C31H37N3O2/c1-23(2)25-16-18-27(19-17-25)36-22-21-34-29-10-7-6-9-28(29)33-30(34)11-5-4-8-20-32-31(35)26-14-12-24(3)13-15-26/h6-7,9-10,12-19,23H,4-5,8,11,20-22H2,1-3H3,(H,32,35). The largest absolute Gasteiger partial charge is 0.492 e. The zero-order valence-electron chi connectivity index (χ0n) is 21.7. The Labute approximate surface area is 214 Å². The lowest BCUT2D eigenvalue weighted by Gasteiger charge is -2.12. The van der Waals surface area contributed by atoms with Crippen LogP contribution in [0.5, 0.6) is 5.75 Å². The van der Waals surface area contributed by atoms with Gasteiger partial charge < -0.3 is 14.6 Å². The lowest BCUT2D eigenvalue weighted by Crippen LogP contribution is -2.24. The Bertz CT molecular complexity index is 1260. The van der Waals surface area contributed by atoms with E-state index in [9.17, 15) is 4.79 Å². The van der Waals surface area contributed by atoms with Crippen molar-refractivity contribution in [2.45, 2.75) is 58.9 Å². The second kappa shape index (κ2) is 12.4. The van der Waals surface area contributed by atoms with E-state index in [-0.39, 0.29) is 5.91 Å². The van der Waals surface area contributed by atoms with Crippen molar-refractivity contribution in [3.63, 3.8) is 0 Å². The Balaban J connectivity index is 1.26. The molecule has 36 heavy (non-hydrogen) atoms. The number of ether oxygens (including phenoxy) is 1. The number of para-hydroxylation sites is 2. The number of nitrogens with one attached hydrogen (secondary N) is 1. The normalized spacial score (nSPS) is 11.2. The van der Waals surface area contributed by atoms with Crippen molar-refractivity contribution in [1.29, 1.82) is 0 Å². The third kappa shape index (κ3) is 6.75. The van der Waals surface area contributed by atoms with Crippen molar-refractivity contribution in [3.8, 4) is 5.75 Å². The first-order valence-electron chi connectivity index (χ1n) is 13.0. The van der Waals surface area contributed by atoms with Crippen molar-refractivity contribution in [3.05, 3.63) is 95.3 Å². The highest BCUT2D eigenvalue weighted by Crippen LogP contribution is 2.20. The molecule has 1 aromatic heterocycles. The fraction of sp³-hybridized carbons (Fsp3) is 0.355. The highest BCUT2D eigenvalue weighted by Gasteiger charge is 2.11. The molecule has 0 saturated heterocycles. The molecule has 0 atom stereocenters. The number of hydrogen-bond acceptors (Lipinski definition) is 3. The minimum Gasteiger partial charge on any atom is -0.492 e. The van der Waals surface area contributed by atoms with Gasteiger partial charge in [0.2, 0.25) is 0 Å². The van der Waals surface area contributed by atoms with Gasteiger partial charge in [-0.05, 0) is 67.6 Å². The smallest absolute Gasteiger partial charge is 0.251 e. The summed E-state index contributed by atoms with van der Waals surface area (Å²) in [5.74, 6) is 2.51. The van der Waals surface area contributed by atoms with Crippen LogP contribution in [0.1, 0.15) is 66.3 Å². The van der Waals surface area contributed by atoms with Gasteiger partial charge in [0.25, 0.3) is 5.91 Å². The zero-order valence-corrected chi connectivity index (χ0v) is 21.7. The van der Waals surface area contributed by atoms with Crippen molar-refractivity contribution >= 4 is 16.9 Å². The van der Waals surface area contributed by atoms with Crippen LogP contribution in [0.15, 0.2) is 72.8 Å². The van der Waals surface area contributed by atoms with Crippen LogP contribution < -0.4 is 10.1 Å². The molecule has 0 aliphatic rings. The van der Waals surface area contributed by atoms with Crippen LogP contribution >= 0.6 is 0 Å². The summed E-state index contributed by atoms with van der Waals surface area (Å²) in [6.45, 7) is 8.46. The summed E-state index contributed by atoms with van der Waals surface area (Å²) < 4.78 is 8.34. The van der Waals surface area contributed by atoms with Gasteiger partial charge in [0.05, 0.1) is 17.6 Å². The summed E-state index contributed by atoms with van der Waals surface area (Å²) in [6, 6.07) is 24.4. The second-order valence-electron chi connectivity index (χ2n) is 9.67. The number of aromatic nitrogens is 2. The summed E-state index contributed by atoms with van der Waals surface area (Å²) in [6.07, 6.45) is 3.92. The van der Waals surface area contributed by atoms with Crippen LogP contribution in [-0.4, -0.2) is 28.6 Å². The molecule has 188 valence electrons. The summed E-state index contributed by atoms with van der Waals surface area (Å²) in [7, 11) is 0. The molecule has 0 unspecified atom stereocenters. The van der Waals surface area contributed by atoms with Crippen LogP contribution in [0, 0.1) is 6.92 Å². The van der Waals surface area contributed by atoms with Crippen LogP contribution in [-0.2, 0) is 13.0 Å². The maximum absolute atomic E-state index is 12.3. The van der Waals surface area contributed by atoms with Crippen molar-refractivity contribution in [2.24, 2.45) is 0 Å². The van der Waals surface area contributed by atoms with E-state index >= 15 is 0 Å². The number of carbonyl (C=O) groups excluding carboxylic acids is 1. The minimum atomic E-state index is -0.00404. The fourth-order valence-corrected chi connectivity index (χ4v) is 4.36. The molecule has 0 fully saturated rings. The van der Waals surface area contributed by atoms with Crippen molar-refractivity contribution < 1.29 is 9.53 Å². The zero-order chi connectivity index (χ0) is 25.3. The third-order valence-electron chi connectivity index (χ3n) is 6.54. The predicted molar refractivity (Wildman–Crippen MR) is 147 cm³/mol. The lowest BCUT2D eigenvalue weighted by atomic mass is 10.0. The molecule has 3 aromatic carbocycles. The Morgan fingerprint density at radius 1 is 0.944 bits per heavy atom. The minimum absolute atomic E-state index is 0.00404. The van der Waals surface area contributed by atoms with E-state index in [4.69, 9.17) is 9.72 Å². The van der Waals surface area contributed by atoms with Gasteiger partial charge in [-0.1, -0.05) is 62.2 Å². The number of aryl methyl sites for hydroxylation is 2. The van der Waals surface area contributed by atoms with Gasteiger partial charge >= 0.3 is 0 Å². The fourth-order valence-electron chi connectivity index (χ4n) is 4.36. The molecular weight excluding hydrogens is 446 g/mol. The Morgan fingerprint density at radius 2 is 1.69 bits per heavy atom. The van der Waals surface area contributed by atoms with Crippen molar-refractivity contribution in [1.82, 2.24) is 14.9 Å². The Hall–Kier alpha value is -3.60. The van der Waals surface area contributed by atoms with E-state index in [0.29, 0.717) is 24.6 Å². The molecule has 0 spiro atoms. The third-order valence-corrected chi connectivity index (χ3v) is 6.54. The van der Waals surface area contributed by atoms with E-state index < -0.39 is 0 Å². The number of hydrogen-bond donors (Lipinski definition) is 1. The van der Waals surface area contributed by atoms with Crippen LogP contribution in [0.4, 0.5) is 0 Å². The Kier molecular flexibility index (Phi) is 8.77. The summed E-state index contributed by atoms with van der Waals surface area (Å²) in [5.41, 5.74) is 5.37. The van der Waals surface area contributed by atoms with Crippen molar-refractivity contribution in [2.75, 3.05) is 13.2 Å². The molecular formula is C31H37N3O2. The number of unbranched alkanes of at least 4 members (excludes halogenated alkanes) is 2. The SMILES string of the molecule is Cc1ccc(C(=O)NCCCCCc2nc3ccccc3n2CCOc2ccc(C(C)C)cc2)cc1. The first kappa shape index (κ1) is 25.5. The molecule has 0 radical (unpaired) electrons. The van der Waals surface area contributed by atoms with E-state index in [1.54, 1.807) is 0 Å². The molecule has 4 rings (SSSR count). The number of amides is 1. The molecule has 0 aliphatic heterocycles. The molecule has 0 saturated carbocycles. The Morgan fingerprint density at radius 3 is 2.44 bits per heavy atom. The number of imidazole rings is 1. The molecule has 5 nitrogen and oxygen atoms in total. The molecule has 5 heteroatoms. The average molecular weight is 484 g/mol. The maximum atomic E-state index is 12.3. The molecule has 0 bridgehead atoms. The van der Waals surface area contributed by atoms with Crippen LogP contribution in [0.2, 0.25) is 0 Å². The van der Waals surface area contributed by atoms with Gasteiger partial charge in [-0.2, -0.15) is 0 Å². The molecule has 4 aromatic rings. The quantitative estimate of drug-likeness (QED) is 0.228. The first-order chi connectivity index (χ1) is 17.5. The van der Waals surface area contributed by atoms with Gasteiger partial charge in [0, 0.05) is 18.5 Å². The molecule has 1 N–H and O–H groups in total. The van der Waals surface area contributed by atoms with Crippen LogP contribution in [0.3, 0.4) is 0 Å². The molecule has 1 amide bonds. The van der Waals surface area contributed by atoms with E-state index in [1.807, 2.05) is 37.3 Å². The molecule has 1 heterocycles. The number of rotatable bonds is 12. The van der Waals surface area contributed by atoms with Gasteiger partial charge in [-0.3, -0.25) is 4.79 Å². The first-order valence-corrected chi connectivity index (χ1v) is 13.0. The van der Waals surface area contributed by atoms with Gasteiger partial charge in [-0.25, -0.2) is 4.98 Å². The number of carbonyl (C=O) groups is 1. The monoisotopic (exact) mass is 483 g/mol.